The quantitative estimate of drug-likeness (QED) is 0.303. The van der Waals surface area contributed by atoms with Crippen LogP contribution in [0.3, 0.4) is 0 Å². The molecule has 1 N–H and O–H groups in total. The Kier molecular flexibility index (Phi) is 7.57. The van der Waals surface area contributed by atoms with Crippen LogP contribution in [0, 0.1) is 23.2 Å². The average Bonchev–Trinajstić information content (AvgIpc) is 2.75. The molecule has 0 amide bonds. The van der Waals surface area contributed by atoms with Crippen LogP contribution < -0.4 is 10.1 Å². The highest BCUT2D eigenvalue weighted by atomic mass is 35.5. The van der Waals surface area contributed by atoms with Gasteiger partial charge in [-0.25, -0.2) is 0 Å². The monoisotopic (exact) mass is 452 g/mol. The number of halogens is 2. The van der Waals surface area contributed by atoms with Crippen molar-refractivity contribution < 1.29 is 9.53 Å². The summed E-state index contributed by atoms with van der Waals surface area (Å²) in [5.41, 5.74) is 2.43. The number of nitrogens with one attached hydrogen (secondary N) is 1. The third-order valence-corrected chi connectivity index (χ3v) is 5.40. The highest BCUT2D eigenvalue weighted by molar-refractivity contribution is 6.30. The van der Waals surface area contributed by atoms with Gasteiger partial charge in [0.25, 0.3) is 0 Å². The second-order valence-corrected chi connectivity index (χ2v) is 8.38. The predicted octanol–water partition coefficient (Wildman–Crippen LogP) is 7.22. The van der Waals surface area contributed by atoms with Gasteiger partial charge >= 0.3 is 5.97 Å². The Morgan fingerprint density at radius 2 is 1.55 bits per heavy atom. The highest BCUT2D eigenvalue weighted by Gasteiger charge is 2.34. The Labute approximate surface area is 192 Å². The lowest BCUT2D eigenvalue weighted by Crippen LogP contribution is -2.30. The Morgan fingerprint density at radius 1 is 0.935 bits per heavy atom. The largest absolute Gasteiger partial charge is 0.426 e. The van der Waals surface area contributed by atoms with E-state index < -0.39 is 17.8 Å². The van der Waals surface area contributed by atoms with E-state index in [9.17, 15) is 10.1 Å². The zero-order valence-electron chi connectivity index (χ0n) is 17.2. The Hall–Kier alpha value is -3.00. The summed E-state index contributed by atoms with van der Waals surface area (Å²) >= 11 is 11.8. The number of hydrogen-bond donors (Lipinski definition) is 1. The molecule has 3 rings (SSSR count). The van der Waals surface area contributed by atoms with E-state index >= 15 is 0 Å². The fourth-order valence-corrected chi connectivity index (χ4v) is 3.60. The molecule has 0 heterocycles. The van der Waals surface area contributed by atoms with Crippen LogP contribution in [0.25, 0.3) is 0 Å². The summed E-state index contributed by atoms with van der Waals surface area (Å²) in [4.78, 5) is 13.0. The van der Waals surface area contributed by atoms with E-state index in [-0.39, 0.29) is 5.92 Å². The number of anilines is 2. The van der Waals surface area contributed by atoms with Crippen molar-refractivity contribution in [3.05, 3.63) is 88.4 Å². The van der Waals surface area contributed by atoms with Gasteiger partial charge in [-0.3, -0.25) is 4.79 Å². The summed E-state index contributed by atoms with van der Waals surface area (Å²) in [6, 6.07) is 23.7. The predicted molar refractivity (Wildman–Crippen MR) is 125 cm³/mol. The first-order valence-electron chi connectivity index (χ1n) is 9.87. The standard InChI is InChI=1S/C25H22Cl2N2O2/c1-16(2)24(25(30)31-22-12-8-19(27)9-13-22)23(15-28)17-4-3-5-21(14-17)29-20-10-6-18(26)7-11-20/h3-14,16,23-24,29H,1-2H3. The minimum Gasteiger partial charge on any atom is -0.426 e. The number of nitriles is 1. The van der Waals surface area contributed by atoms with Gasteiger partial charge in [0.15, 0.2) is 0 Å². The molecule has 0 spiro atoms. The lowest BCUT2D eigenvalue weighted by atomic mass is 9.80. The summed E-state index contributed by atoms with van der Waals surface area (Å²) in [6.07, 6.45) is 0. The van der Waals surface area contributed by atoms with Crippen LogP contribution in [0.2, 0.25) is 10.0 Å². The van der Waals surface area contributed by atoms with Crippen LogP contribution in [0.4, 0.5) is 11.4 Å². The molecule has 158 valence electrons. The average molecular weight is 453 g/mol. The number of ether oxygens (including phenoxy) is 1. The van der Waals surface area contributed by atoms with Gasteiger partial charge in [0.1, 0.15) is 5.75 Å². The van der Waals surface area contributed by atoms with Crippen LogP contribution in [0.5, 0.6) is 5.75 Å². The molecule has 0 aromatic heterocycles. The molecule has 4 nitrogen and oxygen atoms in total. The van der Waals surface area contributed by atoms with E-state index in [4.69, 9.17) is 27.9 Å². The second kappa shape index (κ2) is 10.3. The Balaban J connectivity index is 1.83. The summed E-state index contributed by atoms with van der Waals surface area (Å²) in [5, 5.41) is 14.5. The Bertz CT molecular complexity index is 1070. The van der Waals surface area contributed by atoms with Gasteiger partial charge in [0, 0.05) is 21.4 Å². The van der Waals surface area contributed by atoms with Crippen LogP contribution >= 0.6 is 23.2 Å². The molecule has 0 aliphatic carbocycles. The zero-order valence-corrected chi connectivity index (χ0v) is 18.7. The van der Waals surface area contributed by atoms with Crippen LogP contribution in [-0.2, 0) is 4.79 Å². The third kappa shape index (κ3) is 6.01. The van der Waals surface area contributed by atoms with E-state index in [1.807, 2.05) is 50.2 Å². The molecule has 0 fully saturated rings. The molecule has 2 atom stereocenters. The van der Waals surface area contributed by atoms with Gasteiger partial charge in [-0.2, -0.15) is 5.26 Å². The number of hydrogen-bond acceptors (Lipinski definition) is 4. The first kappa shape index (κ1) is 22.7. The summed E-state index contributed by atoms with van der Waals surface area (Å²) < 4.78 is 5.56. The molecule has 6 heteroatoms. The number of benzene rings is 3. The molecule has 0 saturated heterocycles. The van der Waals surface area contributed by atoms with Crippen molar-refractivity contribution in [2.24, 2.45) is 11.8 Å². The molecule has 3 aromatic carbocycles. The van der Waals surface area contributed by atoms with Crippen molar-refractivity contribution in [1.82, 2.24) is 0 Å². The molecule has 3 aromatic rings. The number of nitrogens with zero attached hydrogens (tertiary/aromatic N) is 1. The van der Waals surface area contributed by atoms with Crippen LogP contribution in [-0.4, -0.2) is 5.97 Å². The summed E-state index contributed by atoms with van der Waals surface area (Å²) in [7, 11) is 0. The molecule has 0 aliphatic heterocycles. The van der Waals surface area contributed by atoms with Crippen LogP contribution in [0.1, 0.15) is 25.3 Å². The minimum atomic E-state index is -0.660. The maximum atomic E-state index is 13.0. The molecule has 31 heavy (non-hydrogen) atoms. The Morgan fingerprint density at radius 3 is 2.13 bits per heavy atom. The van der Waals surface area contributed by atoms with E-state index in [1.165, 1.54) is 0 Å². The third-order valence-electron chi connectivity index (χ3n) is 4.90. The van der Waals surface area contributed by atoms with Crippen molar-refractivity contribution in [3.8, 4) is 11.8 Å². The molecular weight excluding hydrogens is 431 g/mol. The first-order valence-corrected chi connectivity index (χ1v) is 10.6. The van der Waals surface area contributed by atoms with Crippen molar-refractivity contribution in [3.63, 3.8) is 0 Å². The van der Waals surface area contributed by atoms with E-state index in [2.05, 4.69) is 11.4 Å². The van der Waals surface area contributed by atoms with E-state index in [0.29, 0.717) is 15.8 Å². The molecular formula is C25H22Cl2N2O2. The maximum Gasteiger partial charge on any atom is 0.316 e. The summed E-state index contributed by atoms with van der Waals surface area (Å²) in [6.45, 7) is 3.82. The number of carbonyl (C=O) groups is 1. The smallest absolute Gasteiger partial charge is 0.316 e. The zero-order chi connectivity index (χ0) is 22.4. The van der Waals surface area contributed by atoms with Crippen molar-refractivity contribution in [1.29, 1.82) is 5.26 Å². The minimum absolute atomic E-state index is 0.0997. The lowest BCUT2D eigenvalue weighted by Gasteiger charge is -2.24. The number of carbonyl (C=O) groups excluding carboxylic acids is 1. The van der Waals surface area contributed by atoms with Gasteiger partial charge in [-0.1, -0.05) is 49.2 Å². The fraction of sp³-hybridized carbons (Fsp3) is 0.200. The fourth-order valence-electron chi connectivity index (χ4n) is 3.35. The van der Waals surface area contributed by atoms with Gasteiger partial charge in [-0.15, -0.1) is 0 Å². The number of esters is 1. The maximum absolute atomic E-state index is 13.0. The summed E-state index contributed by atoms with van der Waals surface area (Å²) in [5.74, 6) is -1.44. The normalized spacial score (nSPS) is 12.6. The first-order chi connectivity index (χ1) is 14.9. The van der Waals surface area contributed by atoms with Crippen LogP contribution in [0.15, 0.2) is 72.8 Å². The van der Waals surface area contributed by atoms with Gasteiger partial charge in [0.05, 0.1) is 17.9 Å². The van der Waals surface area contributed by atoms with Crippen molar-refractivity contribution >= 4 is 40.5 Å². The van der Waals surface area contributed by atoms with Gasteiger partial charge < -0.3 is 10.1 Å². The molecule has 0 bridgehead atoms. The van der Waals surface area contributed by atoms with E-state index in [1.54, 1.807) is 36.4 Å². The number of rotatable bonds is 7. The molecule has 0 aliphatic rings. The van der Waals surface area contributed by atoms with Gasteiger partial charge in [-0.05, 0) is 72.1 Å². The second-order valence-electron chi connectivity index (χ2n) is 7.51. The molecule has 2 unspecified atom stereocenters. The molecule has 0 saturated carbocycles. The van der Waals surface area contributed by atoms with Crippen molar-refractivity contribution in [2.45, 2.75) is 19.8 Å². The topological polar surface area (TPSA) is 62.1 Å². The molecule has 0 radical (unpaired) electrons. The van der Waals surface area contributed by atoms with Gasteiger partial charge in [0.2, 0.25) is 0 Å². The lowest BCUT2D eigenvalue weighted by molar-refractivity contribution is -0.140. The van der Waals surface area contributed by atoms with Crippen molar-refractivity contribution in [2.75, 3.05) is 5.32 Å². The van der Waals surface area contributed by atoms with E-state index in [0.717, 1.165) is 16.9 Å². The SMILES string of the molecule is CC(C)C(C(=O)Oc1ccc(Cl)cc1)C(C#N)c1cccc(Nc2ccc(Cl)cc2)c1. The highest BCUT2D eigenvalue weighted by Crippen LogP contribution is 2.33.